The van der Waals surface area contributed by atoms with Gasteiger partial charge in [0.15, 0.2) is 0 Å². The third-order valence-electron chi connectivity index (χ3n) is 2.33. The molecule has 4 nitrogen and oxygen atoms in total. The maximum absolute atomic E-state index is 11.7. The van der Waals surface area contributed by atoms with Gasteiger partial charge in [0.25, 0.3) is 0 Å². The zero-order chi connectivity index (χ0) is 13.9. The summed E-state index contributed by atoms with van der Waals surface area (Å²) in [6, 6.07) is 3.55. The van der Waals surface area contributed by atoms with Gasteiger partial charge in [-0.25, -0.2) is 4.79 Å². The van der Waals surface area contributed by atoms with E-state index in [2.05, 4.69) is 27.9 Å². The lowest BCUT2D eigenvalue weighted by Gasteiger charge is -2.20. The number of rotatable bonds is 2. The lowest BCUT2D eigenvalue weighted by atomic mass is 10.1. The summed E-state index contributed by atoms with van der Waals surface area (Å²) in [7, 11) is 0. The van der Waals surface area contributed by atoms with E-state index < -0.39 is 6.09 Å². The van der Waals surface area contributed by atoms with Gasteiger partial charge in [0, 0.05) is 9.11 Å². The highest BCUT2D eigenvalue weighted by atomic mass is 127. The van der Waals surface area contributed by atoms with E-state index in [9.17, 15) is 9.90 Å². The van der Waals surface area contributed by atoms with Crippen molar-refractivity contribution in [1.82, 2.24) is 5.32 Å². The molecule has 0 spiro atoms. The van der Waals surface area contributed by atoms with E-state index in [1.165, 1.54) is 0 Å². The number of carbonyl (C=O) groups excluding carboxylic acids is 1. The van der Waals surface area contributed by atoms with E-state index in [-0.39, 0.29) is 12.1 Å². The first-order valence-electron chi connectivity index (χ1n) is 5.63. The minimum absolute atomic E-state index is 0.0673. The van der Waals surface area contributed by atoms with Crippen LogP contribution in [-0.4, -0.2) is 16.7 Å². The molecule has 0 aliphatic heterocycles. The Bertz CT molecular complexity index is 452. The Morgan fingerprint density at radius 3 is 2.56 bits per heavy atom. The number of aliphatic hydroxyl groups is 1. The summed E-state index contributed by atoms with van der Waals surface area (Å²) in [6.07, 6.45) is -0.490. The van der Waals surface area contributed by atoms with Crippen molar-refractivity contribution in [2.75, 3.05) is 0 Å². The Morgan fingerprint density at radius 2 is 2.06 bits per heavy atom. The molecule has 1 rings (SSSR count). The number of hydrogen-bond donors (Lipinski definition) is 2. The molecule has 0 fully saturated rings. The predicted octanol–water partition coefficient (Wildman–Crippen LogP) is 2.98. The third-order valence-corrected chi connectivity index (χ3v) is 3.34. The standard InChI is InChI=1S/C13H18INO3/c1-8-9(7-16)10(14)5-6-11(8)18-12(17)15-13(2,3)4/h5-6,16H,7H2,1-4H3,(H,15,17). The lowest BCUT2D eigenvalue weighted by molar-refractivity contribution is 0.190. The number of ether oxygens (including phenoxy) is 1. The minimum atomic E-state index is -0.490. The zero-order valence-corrected chi connectivity index (χ0v) is 13.2. The van der Waals surface area contributed by atoms with Crippen molar-refractivity contribution in [3.05, 3.63) is 26.8 Å². The van der Waals surface area contributed by atoms with Crippen LogP contribution in [0.4, 0.5) is 4.79 Å². The summed E-state index contributed by atoms with van der Waals surface area (Å²) in [5, 5.41) is 12.0. The maximum Gasteiger partial charge on any atom is 0.413 e. The van der Waals surface area contributed by atoms with Gasteiger partial charge in [0.2, 0.25) is 0 Å². The molecule has 2 N–H and O–H groups in total. The molecule has 100 valence electrons. The molecule has 5 heteroatoms. The number of amides is 1. The average molecular weight is 363 g/mol. The van der Waals surface area contributed by atoms with Crippen LogP contribution in [0.15, 0.2) is 12.1 Å². The summed E-state index contributed by atoms with van der Waals surface area (Å²) in [4.78, 5) is 11.7. The van der Waals surface area contributed by atoms with Gasteiger partial charge in [-0.3, -0.25) is 0 Å². The van der Waals surface area contributed by atoms with Crippen LogP contribution in [0.5, 0.6) is 5.75 Å². The van der Waals surface area contributed by atoms with Crippen LogP contribution in [0.1, 0.15) is 31.9 Å². The molecule has 1 amide bonds. The van der Waals surface area contributed by atoms with E-state index in [0.717, 1.165) is 14.7 Å². The second-order valence-corrected chi connectivity index (χ2v) is 6.23. The van der Waals surface area contributed by atoms with Crippen LogP contribution in [0.3, 0.4) is 0 Å². The largest absolute Gasteiger partial charge is 0.413 e. The molecule has 18 heavy (non-hydrogen) atoms. The van der Waals surface area contributed by atoms with Crippen molar-refractivity contribution in [3.8, 4) is 5.75 Å². The number of benzene rings is 1. The van der Waals surface area contributed by atoms with Gasteiger partial charge in [0.05, 0.1) is 6.61 Å². The molecule has 0 saturated carbocycles. The fourth-order valence-electron chi connectivity index (χ4n) is 1.44. The number of aliphatic hydroxyl groups excluding tert-OH is 1. The molecule has 0 saturated heterocycles. The van der Waals surface area contributed by atoms with Gasteiger partial charge < -0.3 is 15.2 Å². The van der Waals surface area contributed by atoms with Gasteiger partial charge in [-0.15, -0.1) is 0 Å². The van der Waals surface area contributed by atoms with E-state index in [1.807, 2.05) is 33.8 Å². The first-order chi connectivity index (χ1) is 8.24. The Balaban J connectivity index is 2.89. The maximum atomic E-state index is 11.7. The normalized spacial score (nSPS) is 11.2. The molecular formula is C13H18INO3. The highest BCUT2D eigenvalue weighted by molar-refractivity contribution is 14.1. The molecule has 0 heterocycles. The molecular weight excluding hydrogens is 345 g/mol. The van der Waals surface area contributed by atoms with E-state index in [4.69, 9.17) is 4.74 Å². The summed E-state index contributed by atoms with van der Waals surface area (Å²) in [5.41, 5.74) is 1.23. The first kappa shape index (κ1) is 15.2. The van der Waals surface area contributed by atoms with Crippen molar-refractivity contribution < 1.29 is 14.6 Å². The predicted molar refractivity (Wildman–Crippen MR) is 78.7 cm³/mol. The SMILES string of the molecule is Cc1c(OC(=O)NC(C)(C)C)ccc(I)c1CO. The van der Waals surface area contributed by atoms with Crippen LogP contribution >= 0.6 is 22.6 Å². The molecule has 0 unspecified atom stereocenters. The lowest BCUT2D eigenvalue weighted by Crippen LogP contribution is -2.42. The molecule has 0 bridgehead atoms. The molecule has 1 aromatic carbocycles. The number of carbonyl (C=O) groups is 1. The number of halogens is 1. The second kappa shape index (κ2) is 5.88. The molecule has 0 radical (unpaired) electrons. The molecule has 0 atom stereocenters. The Kier molecular flexibility index (Phi) is 4.98. The van der Waals surface area contributed by atoms with Crippen molar-refractivity contribution >= 4 is 28.7 Å². The van der Waals surface area contributed by atoms with Gasteiger partial charge in [-0.2, -0.15) is 0 Å². The van der Waals surface area contributed by atoms with Gasteiger partial charge in [-0.1, -0.05) is 0 Å². The molecule has 0 aliphatic rings. The molecule has 0 aliphatic carbocycles. The van der Waals surface area contributed by atoms with Crippen molar-refractivity contribution in [1.29, 1.82) is 0 Å². The Morgan fingerprint density at radius 1 is 1.44 bits per heavy atom. The Hall–Kier alpha value is -0.820. The summed E-state index contributed by atoms with van der Waals surface area (Å²) in [5.74, 6) is 0.473. The van der Waals surface area contributed by atoms with Crippen molar-refractivity contribution in [2.45, 2.75) is 39.8 Å². The molecule has 0 aromatic heterocycles. The van der Waals surface area contributed by atoms with Gasteiger partial charge in [0.1, 0.15) is 5.75 Å². The van der Waals surface area contributed by atoms with Crippen LogP contribution in [0, 0.1) is 10.5 Å². The third kappa shape index (κ3) is 4.13. The minimum Gasteiger partial charge on any atom is -0.410 e. The fraction of sp³-hybridized carbons (Fsp3) is 0.462. The van der Waals surface area contributed by atoms with Crippen LogP contribution in [0.2, 0.25) is 0 Å². The number of nitrogens with one attached hydrogen (secondary N) is 1. The van der Waals surface area contributed by atoms with Gasteiger partial charge >= 0.3 is 6.09 Å². The topological polar surface area (TPSA) is 58.6 Å². The van der Waals surface area contributed by atoms with Crippen molar-refractivity contribution in [3.63, 3.8) is 0 Å². The number of hydrogen-bond acceptors (Lipinski definition) is 3. The van der Waals surface area contributed by atoms with E-state index in [0.29, 0.717) is 5.75 Å². The highest BCUT2D eigenvalue weighted by Crippen LogP contribution is 2.26. The van der Waals surface area contributed by atoms with E-state index >= 15 is 0 Å². The summed E-state index contributed by atoms with van der Waals surface area (Å²) < 4.78 is 6.21. The fourth-order valence-corrected chi connectivity index (χ4v) is 2.19. The van der Waals surface area contributed by atoms with Crippen molar-refractivity contribution in [2.24, 2.45) is 0 Å². The average Bonchev–Trinajstić information content (AvgIpc) is 2.20. The first-order valence-corrected chi connectivity index (χ1v) is 6.71. The van der Waals surface area contributed by atoms with Crippen LogP contribution in [-0.2, 0) is 6.61 Å². The monoisotopic (exact) mass is 363 g/mol. The Labute approximate surface area is 121 Å². The van der Waals surface area contributed by atoms with Crippen LogP contribution < -0.4 is 10.1 Å². The van der Waals surface area contributed by atoms with Crippen LogP contribution in [0.25, 0.3) is 0 Å². The summed E-state index contributed by atoms with van der Waals surface area (Å²) >= 11 is 2.14. The second-order valence-electron chi connectivity index (χ2n) is 5.07. The zero-order valence-electron chi connectivity index (χ0n) is 11.0. The highest BCUT2D eigenvalue weighted by Gasteiger charge is 2.17. The molecule has 1 aromatic rings. The smallest absolute Gasteiger partial charge is 0.410 e. The quantitative estimate of drug-likeness (QED) is 0.795. The van der Waals surface area contributed by atoms with E-state index in [1.54, 1.807) is 6.07 Å². The van der Waals surface area contributed by atoms with Gasteiger partial charge in [-0.05, 0) is 73.5 Å². The summed E-state index contributed by atoms with van der Waals surface area (Å²) in [6.45, 7) is 7.41.